The Balaban J connectivity index is 1.43. The van der Waals surface area contributed by atoms with E-state index < -0.39 is 0 Å². The first-order valence-electron chi connectivity index (χ1n) is 8.46. The Hall–Kier alpha value is -1.86. The topological polar surface area (TPSA) is 53.4 Å². The third-order valence-electron chi connectivity index (χ3n) is 4.33. The van der Waals surface area contributed by atoms with Gasteiger partial charge in [-0.15, -0.1) is 11.3 Å². The van der Waals surface area contributed by atoms with Crippen LogP contribution < -0.4 is 5.32 Å². The fourth-order valence-corrected chi connectivity index (χ4v) is 3.58. The number of nitrogens with zero attached hydrogens (tertiary/aromatic N) is 4. The lowest BCUT2D eigenvalue weighted by atomic mass is 10.2. The lowest BCUT2D eigenvalue weighted by Gasteiger charge is -2.34. The molecule has 1 saturated heterocycles. The zero-order valence-electron chi connectivity index (χ0n) is 14.3. The van der Waals surface area contributed by atoms with Gasteiger partial charge in [-0.1, -0.05) is 13.8 Å². The fraction of sp³-hybridized carbons (Fsp3) is 0.529. The molecule has 1 fully saturated rings. The van der Waals surface area contributed by atoms with Crippen LogP contribution in [0.4, 0.5) is 9.80 Å². The molecule has 6 nitrogen and oxygen atoms in total. The number of amides is 2. The molecule has 130 valence electrons. The van der Waals surface area contributed by atoms with Crippen molar-refractivity contribution in [1.29, 1.82) is 0 Å². The van der Waals surface area contributed by atoms with Crippen molar-refractivity contribution in [1.82, 2.24) is 19.4 Å². The maximum atomic E-state index is 12.2. The highest BCUT2D eigenvalue weighted by molar-refractivity contribution is 7.14. The van der Waals surface area contributed by atoms with Crippen molar-refractivity contribution < 1.29 is 4.79 Å². The van der Waals surface area contributed by atoms with E-state index in [0.29, 0.717) is 5.92 Å². The number of piperazine rings is 1. The van der Waals surface area contributed by atoms with Gasteiger partial charge in [-0.3, -0.25) is 10.2 Å². The van der Waals surface area contributed by atoms with Gasteiger partial charge in [0.25, 0.3) is 0 Å². The number of nitrogens with one attached hydrogen (secondary N) is 1. The van der Waals surface area contributed by atoms with Crippen molar-refractivity contribution in [3.8, 4) is 0 Å². The predicted octanol–water partition coefficient (Wildman–Crippen LogP) is 2.92. The average molecular weight is 347 g/mol. The Morgan fingerprint density at radius 1 is 1.29 bits per heavy atom. The van der Waals surface area contributed by atoms with Gasteiger partial charge in [0, 0.05) is 57.6 Å². The van der Waals surface area contributed by atoms with Crippen molar-refractivity contribution in [2.24, 2.45) is 0 Å². The van der Waals surface area contributed by atoms with E-state index in [1.54, 1.807) is 11.3 Å². The van der Waals surface area contributed by atoms with E-state index in [0.717, 1.165) is 50.1 Å². The Morgan fingerprint density at radius 3 is 2.75 bits per heavy atom. The Kier molecular flexibility index (Phi) is 5.52. The number of hydrogen-bond acceptors (Lipinski definition) is 4. The molecule has 0 radical (unpaired) electrons. The second kappa shape index (κ2) is 7.81. The minimum Gasteiger partial charge on any atom is -0.333 e. The number of carbonyl (C=O) groups is 1. The van der Waals surface area contributed by atoms with Gasteiger partial charge in [0.05, 0.1) is 5.00 Å². The highest BCUT2D eigenvalue weighted by Gasteiger charge is 2.21. The molecule has 0 aliphatic carbocycles. The lowest BCUT2D eigenvalue weighted by Crippen LogP contribution is -2.50. The standard InChI is InChI=1S/C17H25N5OS/c1-14(2)16-18-5-6-21(16)10-7-20-8-11-22(12-9-20)17(23)19-15-4-3-13-24-15/h3-6,13-14H,7-12H2,1-2H3,(H,19,23). The first kappa shape index (κ1) is 17.0. The molecule has 0 unspecified atom stereocenters. The lowest BCUT2D eigenvalue weighted by molar-refractivity contribution is 0.144. The Bertz CT molecular complexity index is 644. The summed E-state index contributed by atoms with van der Waals surface area (Å²) >= 11 is 1.55. The summed E-state index contributed by atoms with van der Waals surface area (Å²) in [5.41, 5.74) is 0. The molecule has 7 heteroatoms. The summed E-state index contributed by atoms with van der Waals surface area (Å²) in [6.45, 7) is 9.68. The van der Waals surface area contributed by atoms with Crippen LogP contribution in [0.15, 0.2) is 29.9 Å². The van der Waals surface area contributed by atoms with E-state index in [1.807, 2.05) is 28.6 Å². The van der Waals surface area contributed by atoms with Crippen LogP contribution in [0.1, 0.15) is 25.6 Å². The van der Waals surface area contributed by atoms with E-state index in [-0.39, 0.29) is 6.03 Å². The molecule has 3 rings (SSSR count). The van der Waals surface area contributed by atoms with Gasteiger partial charge in [0.1, 0.15) is 5.82 Å². The van der Waals surface area contributed by atoms with Crippen molar-refractivity contribution in [3.63, 3.8) is 0 Å². The molecule has 1 aliphatic rings. The van der Waals surface area contributed by atoms with Crippen molar-refractivity contribution in [3.05, 3.63) is 35.7 Å². The molecule has 0 atom stereocenters. The predicted molar refractivity (Wildman–Crippen MR) is 97.7 cm³/mol. The molecule has 24 heavy (non-hydrogen) atoms. The van der Waals surface area contributed by atoms with Gasteiger partial charge in [-0.2, -0.15) is 0 Å². The average Bonchev–Trinajstić information content (AvgIpc) is 3.24. The molecular formula is C17H25N5OS. The normalized spacial score (nSPS) is 15.9. The van der Waals surface area contributed by atoms with Gasteiger partial charge >= 0.3 is 6.03 Å². The number of rotatable bonds is 5. The summed E-state index contributed by atoms with van der Waals surface area (Å²) in [7, 11) is 0. The SMILES string of the molecule is CC(C)c1nccn1CCN1CCN(C(=O)Nc2cccs2)CC1. The van der Waals surface area contributed by atoms with Gasteiger partial charge < -0.3 is 9.47 Å². The highest BCUT2D eigenvalue weighted by atomic mass is 32.1. The summed E-state index contributed by atoms with van der Waals surface area (Å²) in [5.74, 6) is 1.58. The summed E-state index contributed by atoms with van der Waals surface area (Å²) in [5, 5.41) is 5.83. The zero-order valence-corrected chi connectivity index (χ0v) is 15.1. The number of aromatic nitrogens is 2. The first-order valence-corrected chi connectivity index (χ1v) is 9.34. The smallest absolute Gasteiger partial charge is 0.322 e. The fourth-order valence-electron chi connectivity index (χ4n) is 2.97. The molecule has 3 heterocycles. The van der Waals surface area contributed by atoms with Crippen LogP contribution in [0, 0.1) is 0 Å². The molecule has 1 aliphatic heterocycles. The summed E-state index contributed by atoms with van der Waals surface area (Å²) < 4.78 is 2.24. The van der Waals surface area contributed by atoms with E-state index in [1.165, 1.54) is 0 Å². The number of carbonyl (C=O) groups excluding carboxylic acids is 1. The maximum Gasteiger partial charge on any atom is 0.322 e. The number of imidazole rings is 1. The van der Waals surface area contributed by atoms with E-state index in [9.17, 15) is 4.79 Å². The summed E-state index contributed by atoms with van der Waals surface area (Å²) in [6, 6.07) is 3.88. The van der Waals surface area contributed by atoms with Crippen LogP contribution in [0.5, 0.6) is 0 Å². The molecule has 0 bridgehead atoms. The third kappa shape index (κ3) is 4.15. The van der Waals surface area contributed by atoms with Crippen LogP contribution in [0.25, 0.3) is 0 Å². The zero-order chi connectivity index (χ0) is 16.9. The van der Waals surface area contributed by atoms with Crippen molar-refractivity contribution in [2.75, 3.05) is 38.0 Å². The summed E-state index contributed by atoms with van der Waals surface area (Å²) in [4.78, 5) is 21.0. The second-order valence-electron chi connectivity index (χ2n) is 6.37. The van der Waals surface area contributed by atoms with Gasteiger partial charge in [0.15, 0.2) is 0 Å². The number of hydrogen-bond donors (Lipinski definition) is 1. The van der Waals surface area contributed by atoms with Crippen LogP contribution in [0.3, 0.4) is 0 Å². The molecule has 2 aromatic rings. The quantitative estimate of drug-likeness (QED) is 0.905. The van der Waals surface area contributed by atoms with Gasteiger partial charge in [0.2, 0.25) is 0 Å². The number of thiophene rings is 1. The monoisotopic (exact) mass is 347 g/mol. The molecular weight excluding hydrogens is 322 g/mol. The number of urea groups is 1. The molecule has 2 aromatic heterocycles. The van der Waals surface area contributed by atoms with Gasteiger partial charge in [-0.05, 0) is 17.5 Å². The maximum absolute atomic E-state index is 12.2. The largest absolute Gasteiger partial charge is 0.333 e. The minimum atomic E-state index is 0.00815. The van der Waals surface area contributed by atoms with Crippen molar-refractivity contribution in [2.45, 2.75) is 26.3 Å². The van der Waals surface area contributed by atoms with Crippen molar-refractivity contribution >= 4 is 22.4 Å². The van der Waals surface area contributed by atoms with Crippen LogP contribution in [-0.2, 0) is 6.54 Å². The van der Waals surface area contributed by atoms with Crippen LogP contribution >= 0.6 is 11.3 Å². The minimum absolute atomic E-state index is 0.00815. The molecule has 1 N–H and O–H groups in total. The van der Waals surface area contributed by atoms with Crippen LogP contribution in [0.2, 0.25) is 0 Å². The third-order valence-corrected chi connectivity index (χ3v) is 5.12. The van der Waals surface area contributed by atoms with Crippen LogP contribution in [-0.4, -0.2) is 58.1 Å². The summed E-state index contributed by atoms with van der Waals surface area (Å²) in [6.07, 6.45) is 3.93. The Labute approximate surface area is 147 Å². The van der Waals surface area contributed by atoms with E-state index >= 15 is 0 Å². The molecule has 0 saturated carbocycles. The van der Waals surface area contributed by atoms with E-state index in [2.05, 4.69) is 39.8 Å². The first-order chi connectivity index (χ1) is 11.6. The highest BCUT2D eigenvalue weighted by Crippen LogP contribution is 2.16. The van der Waals surface area contributed by atoms with E-state index in [4.69, 9.17) is 0 Å². The van der Waals surface area contributed by atoms with Gasteiger partial charge in [-0.25, -0.2) is 9.78 Å². The molecule has 0 aromatic carbocycles. The molecule has 0 spiro atoms. The molecule has 2 amide bonds. The Morgan fingerprint density at radius 2 is 2.08 bits per heavy atom. The number of anilines is 1. The second-order valence-corrected chi connectivity index (χ2v) is 7.32.